The van der Waals surface area contributed by atoms with Gasteiger partial charge in [-0.3, -0.25) is 4.98 Å². The molecule has 1 aromatic heterocycles. The highest BCUT2D eigenvalue weighted by atomic mass is 16.5. The number of pyridine rings is 1. The summed E-state index contributed by atoms with van der Waals surface area (Å²) < 4.78 is 0. The molecule has 0 aliphatic rings. The Bertz CT molecular complexity index is 230. The molecule has 0 aromatic carbocycles. The molecular formula is C8H14BNO4. The molecule has 0 spiro atoms. The maximum absolute atomic E-state index is 8.54. The molecule has 0 aliphatic heterocycles. The first-order valence-corrected chi connectivity index (χ1v) is 4.20. The second kappa shape index (κ2) is 7.46. The van der Waals surface area contributed by atoms with Crippen molar-refractivity contribution in [2.45, 2.75) is 19.6 Å². The summed E-state index contributed by atoms with van der Waals surface area (Å²) in [4.78, 5) is 3.69. The zero-order valence-electron chi connectivity index (χ0n) is 7.91. The van der Waals surface area contributed by atoms with E-state index in [1.807, 2.05) is 0 Å². The van der Waals surface area contributed by atoms with Gasteiger partial charge in [0.15, 0.2) is 6.29 Å². The quantitative estimate of drug-likeness (QED) is 0.342. The van der Waals surface area contributed by atoms with Gasteiger partial charge in [-0.15, -0.1) is 0 Å². The number of hydrogen-bond donors (Lipinski definition) is 4. The molecule has 0 saturated carbocycles. The van der Waals surface area contributed by atoms with Crippen LogP contribution in [0.15, 0.2) is 24.5 Å². The third kappa shape index (κ3) is 6.56. The summed E-state index contributed by atoms with van der Waals surface area (Å²) >= 11 is 0. The molecule has 0 amide bonds. The molecule has 1 rings (SSSR count). The van der Waals surface area contributed by atoms with Crippen molar-refractivity contribution in [2.24, 2.45) is 0 Å². The van der Waals surface area contributed by atoms with Crippen LogP contribution >= 0.6 is 0 Å². The Morgan fingerprint density at radius 2 is 2.00 bits per heavy atom. The van der Waals surface area contributed by atoms with E-state index in [0.29, 0.717) is 11.9 Å². The van der Waals surface area contributed by atoms with E-state index in [9.17, 15) is 0 Å². The first-order chi connectivity index (χ1) is 6.57. The molecule has 4 N–H and O–H groups in total. The minimum atomic E-state index is -1.40. The van der Waals surface area contributed by atoms with E-state index in [-0.39, 0.29) is 0 Å². The monoisotopic (exact) mass is 199 g/mol. The van der Waals surface area contributed by atoms with Crippen molar-refractivity contribution in [3.63, 3.8) is 0 Å². The zero-order valence-corrected chi connectivity index (χ0v) is 7.91. The summed E-state index contributed by atoms with van der Waals surface area (Å²) in [6.45, 7) is 1.70. The Kier molecular flexibility index (Phi) is 6.95. The molecule has 0 aliphatic carbocycles. The summed E-state index contributed by atoms with van der Waals surface area (Å²) in [6, 6.07) is 3.24. The summed E-state index contributed by atoms with van der Waals surface area (Å²) in [7, 11) is -1.40. The molecule has 14 heavy (non-hydrogen) atoms. The largest absolute Gasteiger partial charge is 0.490 e. The number of nitrogens with zero attached hydrogens (tertiary/aromatic N) is 1. The fourth-order valence-corrected chi connectivity index (χ4v) is 0.529. The van der Waals surface area contributed by atoms with Gasteiger partial charge in [-0.05, 0) is 12.5 Å². The van der Waals surface area contributed by atoms with E-state index < -0.39 is 13.4 Å². The third-order valence-electron chi connectivity index (χ3n) is 1.35. The van der Waals surface area contributed by atoms with Crippen LogP contribution in [0.25, 0.3) is 0 Å². The van der Waals surface area contributed by atoms with Crippen molar-refractivity contribution in [2.75, 3.05) is 0 Å². The number of hydrogen-bond acceptors (Lipinski definition) is 5. The lowest BCUT2D eigenvalue weighted by Crippen LogP contribution is -2.29. The van der Waals surface area contributed by atoms with Crippen molar-refractivity contribution in [3.05, 3.63) is 24.5 Å². The number of aromatic nitrogens is 1. The molecule has 5 nitrogen and oxygen atoms in total. The van der Waals surface area contributed by atoms with Gasteiger partial charge in [0.05, 0.1) is 0 Å². The summed E-state index contributed by atoms with van der Waals surface area (Å²) in [5, 5.41) is 32.9. The Morgan fingerprint density at radius 3 is 2.21 bits per heavy atom. The fraction of sp³-hybridized carbons (Fsp3) is 0.375. The van der Waals surface area contributed by atoms with Gasteiger partial charge < -0.3 is 20.3 Å². The van der Waals surface area contributed by atoms with Crippen molar-refractivity contribution < 1.29 is 20.3 Å². The molecule has 78 valence electrons. The van der Waals surface area contributed by atoms with Crippen LogP contribution in [-0.4, -0.2) is 38.7 Å². The molecule has 0 fully saturated rings. The predicted octanol–water partition coefficient (Wildman–Crippen LogP) is -1.53. The molecule has 0 bridgehead atoms. The lowest BCUT2D eigenvalue weighted by molar-refractivity contribution is -0.0413. The van der Waals surface area contributed by atoms with E-state index in [0.717, 1.165) is 0 Å². The highest BCUT2D eigenvalue weighted by Crippen LogP contribution is 1.77. The maximum atomic E-state index is 8.54. The summed E-state index contributed by atoms with van der Waals surface area (Å²) in [6.07, 6.45) is 2.28. The van der Waals surface area contributed by atoms with Crippen LogP contribution in [0.3, 0.4) is 0 Å². The second-order valence-corrected chi connectivity index (χ2v) is 2.55. The molecule has 1 heterocycles. The average molecular weight is 199 g/mol. The van der Waals surface area contributed by atoms with E-state index in [1.165, 1.54) is 6.20 Å². The van der Waals surface area contributed by atoms with Crippen molar-refractivity contribution in [3.8, 4) is 0 Å². The van der Waals surface area contributed by atoms with Crippen LogP contribution in [0, 0.1) is 0 Å². The molecule has 0 atom stereocenters. The molecule has 0 radical (unpaired) electrons. The van der Waals surface area contributed by atoms with Crippen LogP contribution in [0.5, 0.6) is 0 Å². The minimum Gasteiger partial charge on any atom is -0.423 e. The van der Waals surface area contributed by atoms with Crippen LogP contribution in [0.4, 0.5) is 0 Å². The lowest BCUT2D eigenvalue weighted by Gasteiger charge is -1.93. The number of rotatable bonds is 2. The minimum absolute atomic E-state index is 0.414. The van der Waals surface area contributed by atoms with Crippen molar-refractivity contribution in [1.82, 2.24) is 4.98 Å². The van der Waals surface area contributed by atoms with Gasteiger partial charge in [0.2, 0.25) is 0 Å². The Balaban J connectivity index is 0.000000292. The van der Waals surface area contributed by atoms with E-state index >= 15 is 0 Å². The maximum Gasteiger partial charge on any atom is 0.490 e. The first-order valence-electron chi connectivity index (χ1n) is 4.20. The van der Waals surface area contributed by atoms with E-state index in [2.05, 4.69) is 4.98 Å². The topological polar surface area (TPSA) is 93.8 Å². The Morgan fingerprint density at radius 1 is 1.43 bits per heavy atom. The first kappa shape index (κ1) is 13.1. The van der Waals surface area contributed by atoms with Crippen molar-refractivity contribution >= 4 is 12.6 Å². The highest BCUT2D eigenvalue weighted by Gasteiger charge is 2.08. The third-order valence-corrected chi connectivity index (χ3v) is 1.35. The van der Waals surface area contributed by atoms with Gasteiger partial charge in [0.25, 0.3) is 0 Å². The zero-order chi connectivity index (χ0) is 11.0. The lowest BCUT2D eigenvalue weighted by atomic mass is 9.82. The van der Waals surface area contributed by atoms with Crippen LogP contribution in [-0.2, 0) is 0 Å². The smallest absolute Gasteiger partial charge is 0.423 e. The van der Waals surface area contributed by atoms with Gasteiger partial charge in [-0.25, -0.2) is 0 Å². The summed E-state index contributed by atoms with van der Waals surface area (Å²) in [5.74, 6) is 0. The van der Waals surface area contributed by atoms with Gasteiger partial charge in [0.1, 0.15) is 0 Å². The fourth-order valence-electron chi connectivity index (χ4n) is 0.529. The predicted molar refractivity (Wildman–Crippen MR) is 52.6 cm³/mol. The average Bonchev–Trinajstić information content (AvgIpc) is 2.20. The normalized spacial score (nSPS) is 9.29. The molecule has 0 saturated heterocycles. The molecule has 0 unspecified atom stereocenters. The van der Waals surface area contributed by atoms with Crippen LogP contribution < -0.4 is 5.46 Å². The number of aliphatic hydroxyl groups excluding tert-OH is 1. The standard InChI is InChI=1S/C5H6BNO2.C3H8O2/c8-6(9)5-2-1-3-7-4-5;1-2-3(4)5/h1-4,8-9H;3-5H,2H2,1H3. The van der Waals surface area contributed by atoms with Gasteiger partial charge in [-0.2, -0.15) is 0 Å². The second-order valence-electron chi connectivity index (χ2n) is 2.55. The van der Waals surface area contributed by atoms with Crippen LogP contribution in [0.2, 0.25) is 0 Å². The van der Waals surface area contributed by atoms with Gasteiger partial charge in [-0.1, -0.05) is 13.0 Å². The van der Waals surface area contributed by atoms with Crippen molar-refractivity contribution in [1.29, 1.82) is 0 Å². The van der Waals surface area contributed by atoms with Gasteiger partial charge >= 0.3 is 7.12 Å². The van der Waals surface area contributed by atoms with Crippen LogP contribution in [0.1, 0.15) is 13.3 Å². The number of aliphatic hydroxyl groups is 2. The highest BCUT2D eigenvalue weighted by molar-refractivity contribution is 6.58. The van der Waals surface area contributed by atoms with Gasteiger partial charge in [0, 0.05) is 17.9 Å². The molecular weight excluding hydrogens is 185 g/mol. The Labute approximate surface area is 82.8 Å². The molecule has 6 heteroatoms. The Hall–Kier alpha value is -0.945. The molecule has 1 aromatic rings. The SMILES string of the molecule is CCC(O)O.OB(O)c1cccnc1. The van der Waals surface area contributed by atoms with E-state index in [1.54, 1.807) is 25.3 Å². The summed E-state index contributed by atoms with van der Waals surface area (Å²) in [5.41, 5.74) is 0.414. The van der Waals surface area contributed by atoms with E-state index in [4.69, 9.17) is 20.3 Å².